The number of benzene rings is 1. The highest BCUT2D eigenvalue weighted by Gasteiger charge is 2.36. The predicted octanol–water partition coefficient (Wildman–Crippen LogP) is 3.99. The van der Waals surface area contributed by atoms with E-state index in [0.29, 0.717) is 17.5 Å². The molecule has 1 N–H and O–H groups in total. The molecule has 2 aliphatic rings. The number of hydrogen-bond donors (Lipinski definition) is 1. The lowest BCUT2D eigenvalue weighted by Crippen LogP contribution is -2.31. The molecule has 0 radical (unpaired) electrons. The molecule has 7 heteroatoms. The minimum atomic E-state index is -0.249. The van der Waals surface area contributed by atoms with Crippen LogP contribution in [0.1, 0.15) is 36.4 Å². The summed E-state index contributed by atoms with van der Waals surface area (Å²) in [4.78, 5) is 21.6. The summed E-state index contributed by atoms with van der Waals surface area (Å²) >= 11 is 1.60. The molecule has 0 bridgehead atoms. The predicted molar refractivity (Wildman–Crippen MR) is 108 cm³/mol. The lowest BCUT2D eigenvalue weighted by atomic mass is 9.86. The fourth-order valence-corrected chi connectivity index (χ4v) is 4.56. The van der Waals surface area contributed by atoms with E-state index in [2.05, 4.69) is 22.4 Å². The normalized spacial score (nSPS) is 18.4. The van der Waals surface area contributed by atoms with Crippen LogP contribution in [0.5, 0.6) is 0 Å². The Morgan fingerprint density at radius 3 is 2.75 bits per heavy atom. The van der Waals surface area contributed by atoms with Gasteiger partial charge < -0.3 is 5.32 Å². The number of fused-ring (bicyclic) bond motifs is 1. The molecular formula is C21H19N5OS. The molecular weight excluding hydrogens is 370 g/mol. The fourth-order valence-electron chi connectivity index (χ4n) is 3.77. The summed E-state index contributed by atoms with van der Waals surface area (Å²) in [5, 5.41) is 8.82. The van der Waals surface area contributed by atoms with Crippen molar-refractivity contribution in [3.05, 3.63) is 77.3 Å². The van der Waals surface area contributed by atoms with Crippen LogP contribution in [-0.4, -0.2) is 25.5 Å². The SMILES string of the molecule is O=C1CCCC2=C1C(c1ccncc1)n1nc(SCc3ccccc3)nc1N2. The number of carbonyl (C=O) groups is 1. The van der Waals surface area contributed by atoms with E-state index in [9.17, 15) is 4.79 Å². The van der Waals surface area contributed by atoms with Crippen molar-refractivity contribution in [3.8, 4) is 0 Å². The first-order valence-electron chi connectivity index (χ1n) is 9.36. The van der Waals surface area contributed by atoms with E-state index >= 15 is 0 Å². The number of pyridine rings is 1. The van der Waals surface area contributed by atoms with Crippen LogP contribution in [0.3, 0.4) is 0 Å². The Balaban J connectivity index is 1.51. The molecule has 0 fully saturated rings. The summed E-state index contributed by atoms with van der Waals surface area (Å²) in [5.74, 6) is 1.69. The van der Waals surface area contributed by atoms with E-state index in [1.807, 2.05) is 35.0 Å². The Bertz CT molecular complexity index is 1050. The number of nitrogens with one attached hydrogen (secondary N) is 1. The molecule has 1 aliphatic carbocycles. The molecule has 1 aromatic carbocycles. The van der Waals surface area contributed by atoms with Crippen LogP contribution >= 0.6 is 11.8 Å². The van der Waals surface area contributed by atoms with E-state index in [4.69, 9.17) is 10.1 Å². The molecule has 0 saturated carbocycles. The monoisotopic (exact) mass is 389 g/mol. The summed E-state index contributed by atoms with van der Waals surface area (Å²) in [6.07, 6.45) is 5.83. The van der Waals surface area contributed by atoms with Gasteiger partial charge in [0, 0.05) is 35.8 Å². The van der Waals surface area contributed by atoms with Gasteiger partial charge in [-0.2, -0.15) is 4.98 Å². The van der Waals surface area contributed by atoms with Gasteiger partial charge in [0.05, 0.1) is 0 Å². The van der Waals surface area contributed by atoms with E-state index in [-0.39, 0.29) is 11.8 Å². The Morgan fingerprint density at radius 1 is 1.11 bits per heavy atom. The Kier molecular flexibility index (Phi) is 4.44. The van der Waals surface area contributed by atoms with E-state index in [1.165, 1.54) is 5.56 Å². The summed E-state index contributed by atoms with van der Waals surface area (Å²) < 4.78 is 1.85. The number of Topliss-reactive ketones (excluding diaryl/α,β-unsaturated/α-hetero) is 1. The van der Waals surface area contributed by atoms with Crippen LogP contribution in [0, 0.1) is 0 Å². The van der Waals surface area contributed by atoms with Crippen LogP contribution < -0.4 is 5.32 Å². The lowest BCUT2D eigenvalue weighted by Gasteiger charge is -2.32. The standard InChI is InChI=1S/C21H19N5OS/c27-17-8-4-7-16-18(17)19(15-9-11-22-12-10-15)26-20(23-16)24-21(25-26)28-13-14-5-2-1-3-6-14/h1-3,5-6,9-12,19H,4,7-8,13H2,(H,23,24,25). The maximum Gasteiger partial charge on any atom is 0.227 e. The first-order valence-corrected chi connectivity index (χ1v) is 10.3. The molecule has 140 valence electrons. The second kappa shape index (κ2) is 7.24. The molecule has 28 heavy (non-hydrogen) atoms. The average Bonchev–Trinajstić information content (AvgIpc) is 3.15. The van der Waals surface area contributed by atoms with Gasteiger partial charge in [0.1, 0.15) is 6.04 Å². The van der Waals surface area contributed by atoms with Crippen molar-refractivity contribution >= 4 is 23.5 Å². The number of nitrogens with zero attached hydrogens (tertiary/aromatic N) is 4. The zero-order chi connectivity index (χ0) is 18.9. The molecule has 5 rings (SSSR count). The average molecular weight is 389 g/mol. The minimum Gasteiger partial charge on any atom is -0.328 e. The summed E-state index contributed by atoms with van der Waals surface area (Å²) in [5.41, 5.74) is 4.03. The van der Waals surface area contributed by atoms with Gasteiger partial charge in [-0.1, -0.05) is 42.1 Å². The first-order chi connectivity index (χ1) is 13.8. The second-order valence-corrected chi connectivity index (χ2v) is 7.86. The maximum absolute atomic E-state index is 12.8. The van der Waals surface area contributed by atoms with Gasteiger partial charge in [0.15, 0.2) is 5.78 Å². The van der Waals surface area contributed by atoms with Gasteiger partial charge in [0.2, 0.25) is 11.1 Å². The number of hydrogen-bond acceptors (Lipinski definition) is 6. The topological polar surface area (TPSA) is 72.7 Å². The van der Waals surface area contributed by atoms with Gasteiger partial charge in [-0.15, -0.1) is 5.10 Å². The van der Waals surface area contributed by atoms with Crippen LogP contribution in [0.15, 0.2) is 71.3 Å². The van der Waals surface area contributed by atoms with Crippen molar-refractivity contribution in [3.63, 3.8) is 0 Å². The molecule has 2 aromatic heterocycles. The number of thioether (sulfide) groups is 1. The van der Waals surface area contributed by atoms with Gasteiger partial charge in [-0.25, -0.2) is 4.68 Å². The van der Waals surface area contributed by atoms with Crippen LogP contribution in [-0.2, 0) is 10.5 Å². The summed E-state index contributed by atoms with van der Waals surface area (Å²) in [6, 6.07) is 13.9. The van der Waals surface area contributed by atoms with E-state index in [1.54, 1.807) is 24.2 Å². The number of ketones is 1. The number of carbonyl (C=O) groups excluding carboxylic acids is 1. The van der Waals surface area contributed by atoms with Crippen molar-refractivity contribution in [1.82, 2.24) is 19.7 Å². The van der Waals surface area contributed by atoms with Crippen molar-refractivity contribution in [2.45, 2.75) is 36.2 Å². The van der Waals surface area contributed by atoms with Gasteiger partial charge >= 0.3 is 0 Å². The fraction of sp³-hybridized carbons (Fsp3) is 0.238. The molecule has 1 aliphatic heterocycles. The number of aromatic nitrogens is 4. The molecule has 0 amide bonds. The summed E-state index contributed by atoms with van der Waals surface area (Å²) in [6.45, 7) is 0. The molecule has 1 unspecified atom stereocenters. The highest BCUT2D eigenvalue weighted by atomic mass is 32.2. The highest BCUT2D eigenvalue weighted by Crippen LogP contribution is 2.40. The van der Waals surface area contributed by atoms with Gasteiger partial charge in [-0.3, -0.25) is 9.78 Å². The quantitative estimate of drug-likeness (QED) is 0.680. The minimum absolute atomic E-state index is 0.190. The molecule has 1 atom stereocenters. The van der Waals surface area contributed by atoms with Gasteiger partial charge in [0.25, 0.3) is 0 Å². The Morgan fingerprint density at radius 2 is 1.93 bits per heavy atom. The first kappa shape index (κ1) is 17.2. The van der Waals surface area contributed by atoms with Crippen LogP contribution in [0.25, 0.3) is 0 Å². The maximum atomic E-state index is 12.8. The molecule has 0 spiro atoms. The number of allylic oxidation sites excluding steroid dienone is 2. The zero-order valence-corrected chi connectivity index (χ0v) is 16.0. The number of rotatable bonds is 4. The lowest BCUT2D eigenvalue weighted by molar-refractivity contribution is -0.116. The molecule has 6 nitrogen and oxygen atoms in total. The van der Waals surface area contributed by atoms with E-state index in [0.717, 1.165) is 35.4 Å². The van der Waals surface area contributed by atoms with Crippen LogP contribution in [0.4, 0.5) is 5.95 Å². The van der Waals surface area contributed by atoms with Crippen molar-refractivity contribution in [2.24, 2.45) is 0 Å². The molecule has 3 aromatic rings. The van der Waals surface area contributed by atoms with Crippen molar-refractivity contribution in [1.29, 1.82) is 0 Å². The van der Waals surface area contributed by atoms with Gasteiger partial charge in [-0.05, 0) is 36.1 Å². The number of anilines is 1. The second-order valence-electron chi connectivity index (χ2n) is 6.91. The van der Waals surface area contributed by atoms with E-state index < -0.39 is 0 Å². The summed E-state index contributed by atoms with van der Waals surface area (Å²) in [7, 11) is 0. The molecule has 3 heterocycles. The highest BCUT2D eigenvalue weighted by molar-refractivity contribution is 7.98. The third-order valence-corrected chi connectivity index (χ3v) is 5.99. The molecule has 0 saturated heterocycles. The van der Waals surface area contributed by atoms with Crippen molar-refractivity contribution in [2.75, 3.05) is 5.32 Å². The van der Waals surface area contributed by atoms with Crippen molar-refractivity contribution < 1.29 is 4.79 Å². The smallest absolute Gasteiger partial charge is 0.227 e. The van der Waals surface area contributed by atoms with Crippen LogP contribution in [0.2, 0.25) is 0 Å². The largest absolute Gasteiger partial charge is 0.328 e. The third-order valence-electron chi connectivity index (χ3n) is 5.08. The Labute approximate surface area is 167 Å². The third kappa shape index (κ3) is 3.11. The Hall–Kier alpha value is -2.93. The zero-order valence-electron chi connectivity index (χ0n) is 15.2.